The van der Waals surface area contributed by atoms with Gasteiger partial charge in [0, 0.05) is 31.0 Å². The number of hydrogen-bond acceptors (Lipinski definition) is 5. The summed E-state index contributed by atoms with van der Waals surface area (Å²) in [5, 5.41) is 8.51. The van der Waals surface area contributed by atoms with Crippen LogP contribution in [-0.4, -0.2) is 23.6 Å². The van der Waals surface area contributed by atoms with Crippen molar-refractivity contribution in [2.24, 2.45) is 0 Å². The summed E-state index contributed by atoms with van der Waals surface area (Å²) >= 11 is 1.79. The largest absolute Gasteiger partial charge is 0.373 e. The van der Waals surface area contributed by atoms with Gasteiger partial charge in [-0.3, -0.25) is 0 Å². The van der Waals surface area contributed by atoms with Crippen molar-refractivity contribution in [3.05, 3.63) is 34.3 Å². The van der Waals surface area contributed by atoms with Crippen molar-refractivity contribution >= 4 is 23.0 Å². The number of hydrogen-bond donors (Lipinski definition) is 2. The third-order valence-electron chi connectivity index (χ3n) is 2.60. The summed E-state index contributed by atoms with van der Waals surface area (Å²) in [7, 11) is 1.87. The molecule has 18 heavy (non-hydrogen) atoms. The Morgan fingerprint density at radius 3 is 2.78 bits per heavy atom. The average Bonchev–Trinajstić information content (AvgIpc) is 2.91. The highest BCUT2D eigenvalue weighted by Crippen LogP contribution is 2.13. The lowest BCUT2D eigenvalue weighted by molar-refractivity contribution is 0.929. The number of aromatic nitrogens is 2. The van der Waals surface area contributed by atoms with Crippen LogP contribution in [0.25, 0.3) is 0 Å². The molecule has 96 valence electrons. The smallest absolute Gasteiger partial charge is 0.132 e. The Labute approximate surface area is 111 Å². The van der Waals surface area contributed by atoms with Crippen molar-refractivity contribution in [3.63, 3.8) is 0 Å². The van der Waals surface area contributed by atoms with Crippen LogP contribution < -0.4 is 10.6 Å². The van der Waals surface area contributed by atoms with Gasteiger partial charge in [-0.05, 0) is 17.9 Å². The summed E-state index contributed by atoms with van der Waals surface area (Å²) in [6, 6.07) is 6.18. The lowest BCUT2D eigenvalue weighted by Gasteiger charge is -2.08. The molecule has 0 aliphatic carbocycles. The molecule has 0 aliphatic heterocycles. The second kappa shape index (κ2) is 6.35. The standard InChI is InChI=1S/C13H18N4S/c1-3-11-16-12(14-2)9-13(17-11)15-7-6-10-5-4-8-18-10/h4-5,8-9H,3,6-7H2,1-2H3,(H2,14,15,16,17). The number of nitrogens with zero attached hydrogens (tertiary/aromatic N) is 2. The first-order valence-corrected chi connectivity index (χ1v) is 7.01. The van der Waals surface area contributed by atoms with Gasteiger partial charge in [0.15, 0.2) is 0 Å². The summed E-state index contributed by atoms with van der Waals surface area (Å²) in [5.41, 5.74) is 0. The fourth-order valence-corrected chi connectivity index (χ4v) is 2.35. The van der Waals surface area contributed by atoms with Gasteiger partial charge in [0.05, 0.1) is 0 Å². The number of rotatable bonds is 6. The molecule has 0 atom stereocenters. The quantitative estimate of drug-likeness (QED) is 0.840. The lowest BCUT2D eigenvalue weighted by Crippen LogP contribution is -2.08. The summed E-state index contributed by atoms with van der Waals surface area (Å²) in [4.78, 5) is 10.2. The molecule has 0 radical (unpaired) electrons. The van der Waals surface area contributed by atoms with E-state index in [-0.39, 0.29) is 0 Å². The molecule has 2 N–H and O–H groups in total. The van der Waals surface area contributed by atoms with E-state index in [0.29, 0.717) is 0 Å². The number of anilines is 2. The minimum Gasteiger partial charge on any atom is -0.373 e. The first kappa shape index (κ1) is 12.8. The van der Waals surface area contributed by atoms with Crippen LogP contribution in [0.3, 0.4) is 0 Å². The van der Waals surface area contributed by atoms with E-state index in [1.165, 1.54) is 4.88 Å². The SMILES string of the molecule is CCc1nc(NC)cc(NCCc2cccs2)n1. The maximum absolute atomic E-state index is 4.46. The molecule has 5 heteroatoms. The highest BCUT2D eigenvalue weighted by atomic mass is 32.1. The van der Waals surface area contributed by atoms with E-state index in [4.69, 9.17) is 0 Å². The third kappa shape index (κ3) is 3.43. The van der Waals surface area contributed by atoms with Gasteiger partial charge in [-0.25, -0.2) is 9.97 Å². The Kier molecular flexibility index (Phi) is 4.52. The van der Waals surface area contributed by atoms with E-state index in [1.807, 2.05) is 13.1 Å². The van der Waals surface area contributed by atoms with Gasteiger partial charge in [0.2, 0.25) is 0 Å². The van der Waals surface area contributed by atoms with Gasteiger partial charge >= 0.3 is 0 Å². The van der Waals surface area contributed by atoms with E-state index >= 15 is 0 Å². The predicted octanol–water partition coefficient (Wildman–Crippen LogP) is 2.80. The molecule has 0 aromatic carbocycles. The normalized spacial score (nSPS) is 10.3. The molecule has 2 aromatic heterocycles. The predicted molar refractivity (Wildman–Crippen MR) is 77.5 cm³/mol. The summed E-state index contributed by atoms with van der Waals surface area (Å²) in [6.07, 6.45) is 1.87. The monoisotopic (exact) mass is 262 g/mol. The van der Waals surface area contributed by atoms with E-state index in [0.717, 1.165) is 36.8 Å². The first-order valence-electron chi connectivity index (χ1n) is 6.13. The van der Waals surface area contributed by atoms with Crippen molar-refractivity contribution in [3.8, 4) is 0 Å². The van der Waals surface area contributed by atoms with Crippen LogP contribution in [0.2, 0.25) is 0 Å². The Balaban J connectivity index is 1.95. The summed E-state index contributed by atoms with van der Waals surface area (Å²) in [5.74, 6) is 2.61. The minimum atomic E-state index is 0.842. The molecule has 2 rings (SSSR count). The molecule has 0 saturated heterocycles. The maximum Gasteiger partial charge on any atom is 0.132 e. The first-order chi connectivity index (χ1) is 8.81. The van der Waals surface area contributed by atoms with Crippen molar-refractivity contribution in [1.29, 1.82) is 0 Å². The fourth-order valence-electron chi connectivity index (χ4n) is 1.64. The van der Waals surface area contributed by atoms with Gasteiger partial charge in [-0.1, -0.05) is 13.0 Å². The van der Waals surface area contributed by atoms with E-state index in [1.54, 1.807) is 11.3 Å². The van der Waals surface area contributed by atoms with Crippen LogP contribution in [0.1, 0.15) is 17.6 Å². The zero-order valence-corrected chi connectivity index (χ0v) is 11.5. The third-order valence-corrected chi connectivity index (χ3v) is 3.54. The van der Waals surface area contributed by atoms with Crippen LogP contribution in [0.5, 0.6) is 0 Å². The maximum atomic E-state index is 4.46. The minimum absolute atomic E-state index is 0.842. The Bertz CT molecular complexity index is 459. The molecule has 0 amide bonds. The van der Waals surface area contributed by atoms with Crippen LogP contribution in [-0.2, 0) is 12.8 Å². The molecule has 0 spiro atoms. The van der Waals surface area contributed by atoms with Crippen molar-refractivity contribution in [2.75, 3.05) is 24.2 Å². The van der Waals surface area contributed by atoms with E-state index in [9.17, 15) is 0 Å². The number of thiophene rings is 1. The number of aryl methyl sites for hydroxylation is 1. The molecule has 0 fully saturated rings. The zero-order valence-electron chi connectivity index (χ0n) is 10.7. The second-order valence-electron chi connectivity index (χ2n) is 3.91. The Hall–Kier alpha value is -1.62. The molecule has 2 heterocycles. The van der Waals surface area contributed by atoms with Crippen molar-refractivity contribution in [2.45, 2.75) is 19.8 Å². The molecule has 0 aliphatic rings. The molecule has 0 saturated carbocycles. The summed E-state index contributed by atoms with van der Waals surface area (Å²) < 4.78 is 0. The molecular weight excluding hydrogens is 244 g/mol. The van der Waals surface area contributed by atoms with Crippen LogP contribution in [0.4, 0.5) is 11.6 Å². The van der Waals surface area contributed by atoms with Gasteiger partial charge in [0.25, 0.3) is 0 Å². The summed E-state index contributed by atoms with van der Waals surface area (Å²) in [6.45, 7) is 2.95. The second-order valence-corrected chi connectivity index (χ2v) is 4.95. The van der Waals surface area contributed by atoms with Crippen LogP contribution in [0.15, 0.2) is 23.6 Å². The highest BCUT2D eigenvalue weighted by molar-refractivity contribution is 7.09. The molecule has 4 nitrogen and oxygen atoms in total. The molecular formula is C13H18N4S. The van der Waals surface area contributed by atoms with Gasteiger partial charge in [-0.15, -0.1) is 11.3 Å². The van der Waals surface area contributed by atoms with Crippen molar-refractivity contribution < 1.29 is 0 Å². The molecule has 0 bridgehead atoms. The Morgan fingerprint density at radius 2 is 2.11 bits per heavy atom. The Morgan fingerprint density at radius 1 is 1.28 bits per heavy atom. The topological polar surface area (TPSA) is 49.8 Å². The lowest BCUT2D eigenvalue weighted by atomic mass is 10.3. The highest BCUT2D eigenvalue weighted by Gasteiger charge is 2.02. The molecule has 2 aromatic rings. The fraction of sp³-hybridized carbons (Fsp3) is 0.385. The van der Waals surface area contributed by atoms with Gasteiger partial charge in [0.1, 0.15) is 17.5 Å². The van der Waals surface area contributed by atoms with Gasteiger partial charge < -0.3 is 10.6 Å². The van der Waals surface area contributed by atoms with Crippen LogP contribution >= 0.6 is 11.3 Å². The van der Waals surface area contributed by atoms with Gasteiger partial charge in [-0.2, -0.15) is 0 Å². The average molecular weight is 262 g/mol. The van der Waals surface area contributed by atoms with E-state index < -0.39 is 0 Å². The van der Waals surface area contributed by atoms with Crippen molar-refractivity contribution in [1.82, 2.24) is 9.97 Å². The van der Waals surface area contributed by atoms with E-state index in [2.05, 4.69) is 45.0 Å². The zero-order chi connectivity index (χ0) is 12.8. The molecule has 0 unspecified atom stereocenters. The van der Waals surface area contributed by atoms with Crippen LogP contribution in [0, 0.1) is 0 Å². The number of nitrogens with one attached hydrogen (secondary N) is 2.